The van der Waals surface area contributed by atoms with Gasteiger partial charge in [0.2, 0.25) is 11.8 Å². The fourth-order valence-electron chi connectivity index (χ4n) is 4.80. The van der Waals surface area contributed by atoms with Crippen molar-refractivity contribution in [2.45, 2.75) is 44.9 Å². The third-order valence-corrected chi connectivity index (χ3v) is 6.46. The van der Waals surface area contributed by atoms with Crippen LogP contribution in [-0.2, 0) is 23.9 Å². The zero-order chi connectivity index (χ0) is 21.8. The number of anilines is 2. The summed E-state index contributed by atoms with van der Waals surface area (Å²) in [5.74, 6) is -1.81. The van der Waals surface area contributed by atoms with E-state index >= 15 is 0 Å². The summed E-state index contributed by atoms with van der Waals surface area (Å²) >= 11 is 0. The molecule has 4 rings (SSSR count). The molecule has 0 unspecified atom stereocenters. The van der Waals surface area contributed by atoms with Gasteiger partial charge in [0.25, 0.3) is 5.91 Å². The SMILES string of the molecule is O=C(COC(=O)CCN1C(=O)[C@@H]2CCCC[C@H]2C1=O)Nc1ccc(N2CCCC2)cc1. The van der Waals surface area contributed by atoms with Gasteiger partial charge in [0.1, 0.15) is 0 Å². The number of imide groups is 1. The number of nitrogens with one attached hydrogen (secondary N) is 1. The zero-order valence-electron chi connectivity index (χ0n) is 17.7. The molecule has 0 aromatic heterocycles. The van der Waals surface area contributed by atoms with Gasteiger partial charge in [-0.2, -0.15) is 0 Å². The van der Waals surface area contributed by atoms with Crippen LogP contribution in [0.15, 0.2) is 24.3 Å². The molecule has 1 aromatic rings. The van der Waals surface area contributed by atoms with Crippen molar-refractivity contribution in [2.75, 3.05) is 36.5 Å². The van der Waals surface area contributed by atoms with Gasteiger partial charge >= 0.3 is 5.97 Å². The molecule has 8 nitrogen and oxygen atoms in total. The molecule has 3 aliphatic rings. The Morgan fingerprint density at radius 3 is 2.16 bits per heavy atom. The summed E-state index contributed by atoms with van der Waals surface area (Å²) in [6.45, 7) is 1.72. The molecular weight excluding hydrogens is 398 g/mol. The minimum absolute atomic E-state index is 0.0169. The summed E-state index contributed by atoms with van der Waals surface area (Å²) in [5, 5.41) is 2.71. The zero-order valence-corrected chi connectivity index (χ0v) is 17.7. The molecule has 0 radical (unpaired) electrons. The van der Waals surface area contributed by atoms with Crippen LogP contribution in [0.25, 0.3) is 0 Å². The molecule has 3 amide bonds. The molecule has 3 fully saturated rings. The van der Waals surface area contributed by atoms with Crippen LogP contribution in [0.1, 0.15) is 44.9 Å². The van der Waals surface area contributed by atoms with E-state index < -0.39 is 18.5 Å². The number of rotatable bonds is 7. The number of ether oxygens (including phenoxy) is 1. The number of hydrogen-bond acceptors (Lipinski definition) is 6. The predicted octanol–water partition coefficient (Wildman–Crippen LogP) is 2.33. The summed E-state index contributed by atoms with van der Waals surface area (Å²) in [4.78, 5) is 52.4. The van der Waals surface area contributed by atoms with Crippen molar-refractivity contribution < 1.29 is 23.9 Å². The first-order valence-corrected chi connectivity index (χ1v) is 11.2. The van der Waals surface area contributed by atoms with Crippen LogP contribution in [-0.4, -0.2) is 54.8 Å². The van der Waals surface area contributed by atoms with Gasteiger partial charge in [0.05, 0.1) is 18.3 Å². The number of amides is 3. The highest BCUT2D eigenvalue weighted by Crippen LogP contribution is 2.38. The highest BCUT2D eigenvalue weighted by molar-refractivity contribution is 6.05. The van der Waals surface area contributed by atoms with Crippen LogP contribution in [0.3, 0.4) is 0 Å². The summed E-state index contributed by atoms with van der Waals surface area (Å²) < 4.78 is 5.02. The number of carbonyl (C=O) groups is 4. The van der Waals surface area contributed by atoms with Gasteiger partial charge in [-0.3, -0.25) is 24.1 Å². The average Bonchev–Trinajstić information content (AvgIpc) is 3.40. The van der Waals surface area contributed by atoms with Gasteiger partial charge in [0, 0.05) is 31.0 Å². The Hall–Kier alpha value is -2.90. The number of likely N-dealkylation sites (tertiary alicyclic amines) is 1. The van der Waals surface area contributed by atoms with Gasteiger partial charge in [-0.1, -0.05) is 12.8 Å². The van der Waals surface area contributed by atoms with Crippen LogP contribution in [0, 0.1) is 11.8 Å². The highest BCUT2D eigenvalue weighted by atomic mass is 16.5. The van der Waals surface area contributed by atoms with E-state index in [4.69, 9.17) is 4.74 Å². The molecule has 2 atom stereocenters. The molecule has 1 aromatic carbocycles. The third kappa shape index (κ3) is 4.89. The van der Waals surface area contributed by atoms with E-state index in [1.165, 1.54) is 17.7 Å². The van der Waals surface area contributed by atoms with Crippen LogP contribution < -0.4 is 10.2 Å². The Morgan fingerprint density at radius 2 is 1.55 bits per heavy atom. The molecule has 8 heteroatoms. The average molecular weight is 428 g/mol. The van der Waals surface area contributed by atoms with Crippen molar-refractivity contribution in [1.82, 2.24) is 4.90 Å². The number of hydrogen-bond donors (Lipinski definition) is 1. The van der Waals surface area contributed by atoms with Gasteiger partial charge in [-0.15, -0.1) is 0 Å². The van der Waals surface area contributed by atoms with Crippen molar-refractivity contribution in [3.05, 3.63) is 24.3 Å². The molecule has 0 bridgehead atoms. The van der Waals surface area contributed by atoms with Gasteiger partial charge in [-0.25, -0.2) is 0 Å². The van der Waals surface area contributed by atoms with Gasteiger partial charge in [-0.05, 0) is 49.9 Å². The second-order valence-corrected chi connectivity index (χ2v) is 8.53. The quantitative estimate of drug-likeness (QED) is 0.530. The largest absolute Gasteiger partial charge is 0.456 e. The monoisotopic (exact) mass is 427 g/mol. The number of esters is 1. The van der Waals surface area contributed by atoms with Gasteiger partial charge in [0.15, 0.2) is 6.61 Å². The van der Waals surface area contributed by atoms with Crippen LogP contribution >= 0.6 is 0 Å². The first-order chi connectivity index (χ1) is 15.0. The standard InChI is InChI=1S/C23H29N3O5/c27-20(24-16-7-9-17(10-8-16)25-12-3-4-13-25)15-31-21(28)11-14-26-22(29)18-5-1-2-6-19(18)23(26)30/h7-10,18-19H,1-6,11-15H2,(H,24,27)/t18-,19-/m1/s1. The Morgan fingerprint density at radius 1 is 0.935 bits per heavy atom. The minimum Gasteiger partial charge on any atom is -0.456 e. The summed E-state index contributed by atoms with van der Waals surface area (Å²) in [7, 11) is 0. The van der Waals surface area contributed by atoms with Crippen molar-refractivity contribution in [2.24, 2.45) is 11.8 Å². The lowest BCUT2D eigenvalue weighted by Crippen LogP contribution is -2.33. The van der Waals surface area contributed by atoms with E-state index in [1.807, 2.05) is 24.3 Å². The first-order valence-electron chi connectivity index (χ1n) is 11.2. The normalized spacial score (nSPS) is 23.1. The molecule has 2 heterocycles. The van der Waals surface area contributed by atoms with Crippen molar-refractivity contribution in [1.29, 1.82) is 0 Å². The maximum absolute atomic E-state index is 12.4. The van der Waals surface area contributed by atoms with Crippen molar-refractivity contribution >= 4 is 35.1 Å². The van der Waals surface area contributed by atoms with Crippen LogP contribution in [0.5, 0.6) is 0 Å². The van der Waals surface area contributed by atoms with E-state index in [-0.39, 0.29) is 36.6 Å². The minimum atomic E-state index is -0.602. The lowest BCUT2D eigenvalue weighted by atomic mass is 9.81. The van der Waals surface area contributed by atoms with E-state index in [9.17, 15) is 19.2 Å². The lowest BCUT2D eigenvalue weighted by Gasteiger charge is -2.19. The maximum atomic E-state index is 12.4. The number of carbonyl (C=O) groups excluding carboxylic acids is 4. The van der Waals surface area contributed by atoms with Gasteiger partial charge < -0.3 is 15.0 Å². The molecule has 2 aliphatic heterocycles. The Bertz CT molecular complexity index is 823. The Labute approximate surface area is 181 Å². The van der Waals surface area contributed by atoms with Crippen LogP contribution in [0.4, 0.5) is 11.4 Å². The molecule has 166 valence electrons. The number of fused-ring (bicyclic) bond motifs is 1. The second-order valence-electron chi connectivity index (χ2n) is 8.53. The van der Waals surface area contributed by atoms with E-state index in [0.717, 1.165) is 44.5 Å². The highest BCUT2D eigenvalue weighted by Gasteiger charge is 2.47. The maximum Gasteiger partial charge on any atom is 0.308 e. The van der Waals surface area contributed by atoms with Crippen molar-refractivity contribution in [3.8, 4) is 0 Å². The molecule has 1 saturated carbocycles. The van der Waals surface area contributed by atoms with Crippen molar-refractivity contribution in [3.63, 3.8) is 0 Å². The fraction of sp³-hybridized carbons (Fsp3) is 0.565. The number of benzene rings is 1. The van der Waals surface area contributed by atoms with Crippen LogP contribution in [0.2, 0.25) is 0 Å². The summed E-state index contributed by atoms with van der Waals surface area (Å²) in [6.07, 6.45) is 5.72. The van der Waals surface area contributed by atoms with E-state index in [0.29, 0.717) is 5.69 Å². The Balaban J connectivity index is 1.19. The van der Waals surface area contributed by atoms with E-state index in [2.05, 4.69) is 10.2 Å². The molecular formula is C23H29N3O5. The summed E-state index contributed by atoms with van der Waals surface area (Å²) in [5.41, 5.74) is 1.77. The van der Waals surface area contributed by atoms with E-state index in [1.54, 1.807) is 0 Å². The molecule has 2 saturated heterocycles. The predicted molar refractivity (Wildman–Crippen MR) is 114 cm³/mol. The Kier molecular flexibility index (Phi) is 6.53. The molecule has 1 aliphatic carbocycles. The summed E-state index contributed by atoms with van der Waals surface area (Å²) in [6, 6.07) is 7.60. The molecule has 0 spiro atoms. The third-order valence-electron chi connectivity index (χ3n) is 6.46. The number of nitrogens with zero attached hydrogens (tertiary/aromatic N) is 2. The fourth-order valence-corrected chi connectivity index (χ4v) is 4.80. The molecule has 1 N–H and O–H groups in total. The second kappa shape index (κ2) is 9.49. The topological polar surface area (TPSA) is 96.0 Å². The smallest absolute Gasteiger partial charge is 0.308 e. The lowest BCUT2D eigenvalue weighted by molar-refractivity contribution is -0.148. The first kappa shape index (κ1) is 21.3. The molecule has 31 heavy (non-hydrogen) atoms.